The summed E-state index contributed by atoms with van der Waals surface area (Å²) in [5, 5.41) is 24.0. The Bertz CT molecular complexity index is 566. The normalized spacial score (nSPS) is 13.3. The molecule has 0 bridgehead atoms. The third-order valence-corrected chi connectivity index (χ3v) is 3.78. The zero-order valence-electron chi connectivity index (χ0n) is 13.6. The lowest BCUT2D eigenvalue weighted by Gasteiger charge is -2.16. The van der Waals surface area contributed by atoms with Gasteiger partial charge in [-0.15, -0.1) is 0 Å². The molecule has 0 aromatic heterocycles. The fraction of sp³-hybridized carbons (Fsp3) is 0.333. The number of rotatable bonds is 10. The monoisotopic (exact) mass is 385 g/mol. The molecule has 0 radical (unpaired) electrons. The van der Waals surface area contributed by atoms with Gasteiger partial charge in [-0.3, -0.25) is 0 Å². The molecule has 2 unspecified atom stereocenters. The second-order valence-electron chi connectivity index (χ2n) is 5.50. The molecule has 2 rings (SSSR count). The Morgan fingerprint density at radius 1 is 0.720 bits per heavy atom. The Labute approximate surface area is 157 Å². The predicted octanol–water partition coefficient (Wildman–Crippen LogP) is 2.76. The molecule has 0 heterocycles. The standard InChI is InChI=1S/C18H21Cl2NO4/c19-13-1-5-17(6-2-13)24-11-15(22)9-21-10-16(23)12-25-18-7-3-14(20)4-8-18/h1-8,15-16,21-23H,9-12H2. The van der Waals surface area contributed by atoms with E-state index in [-0.39, 0.29) is 13.2 Å². The summed E-state index contributed by atoms with van der Waals surface area (Å²) in [6.45, 7) is 0.884. The van der Waals surface area contributed by atoms with Crippen LogP contribution in [-0.2, 0) is 0 Å². The average molecular weight is 386 g/mol. The first-order valence-corrected chi connectivity index (χ1v) is 8.62. The van der Waals surface area contributed by atoms with Crippen LogP contribution >= 0.6 is 23.2 Å². The summed E-state index contributed by atoms with van der Waals surface area (Å²) < 4.78 is 10.9. The molecule has 0 aliphatic rings. The Kier molecular flexibility index (Phi) is 8.31. The van der Waals surface area contributed by atoms with Gasteiger partial charge >= 0.3 is 0 Å². The van der Waals surface area contributed by atoms with Gasteiger partial charge in [0.15, 0.2) is 0 Å². The summed E-state index contributed by atoms with van der Waals surface area (Å²) in [5.41, 5.74) is 0. The van der Waals surface area contributed by atoms with Gasteiger partial charge in [-0.2, -0.15) is 0 Å². The van der Waals surface area contributed by atoms with Gasteiger partial charge in [0.25, 0.3) is 0 Å². The summed E-state index contributed by atoms with van der Waals surface area (Å²) >= 11 is 11.6. The Morgan fingerprint density at radius 3 is 1.44 bits per heavy atom. The average Bonchev–Trinajstić information content (AvgIpc) is 2.61. The van der Waals surface area contributed by atoms with E-state index in [0.29, 0.717) is 34.6 Å². The van der Waals surface area contributed by atoms with Gasteiger partial charge in [0.2, 0.25) is 0 Å². The highest BCUT2D eigenvalue weighted by molar-refractivity contribution is 6.30. The maximum Gasteiger partial charge on any atom is 0.119 e. The second kappa shape index (κ2) is 10.5. The molecule has 0 saturated heterocycles. The highest BCUT2D eigenvalue weighted by Crippen LogP contribution is 2.16. The number of nitrogens with one attached hydrogen (secondary N) is 1. The number of aliphatic hydroxyl groups is 2. The van der Waals surface area contributed by atoms with Gasteiger partial charge in [0, 0.05) is 23.1 Å². The summed E-state index contributed by atoms with van der Waals surface area (Å²) in [6.07, 6.45) is -1.39. The number of aliphatic hydroxyl groups excluding tert-OH is 2. The molecular formula is C18H21Cl2NO4. The molecule has 2 aromatic carbocycles. The third-order valence-electron chi connectivity index (χ3n) is 3.27. The predicted molar refractivity (Wildman–Crippen MR) is 98.8 cm³/mol. The minimum Gasteiger partial charge on any atom is -0.491 e. The molecule has 7 heteroatoms. The largest absolute Gasteiger partial charge is 0.491 e. The molecule has 2 atom stereocenters. The van der Waals surface area contributed by atoms with E-state index in [1.165, 1.54) is 0 Å². The molecule has 0 aliphatic heterocycles. The van der Waals surface area contributed by atoms with Crippen LogP contribution in [0.4, 0.5) is 0 Å². The number of hydrogen-bond acceptors (Lipinski definition) is 5. The SMILES string of the molecule is OC(CNCC(O)COc1ccc(Cl)cc1)COc1ccc(Cl)cc1. The van der Waals surface area contributed by atoms with Crippen LogP contribution in [0.3, 0.4) is 0 Å². The first kappa shape index (κ1) is 19.8. The molecule has 0 aliphatic carbocycles. The highest BCUT2D eigenvalue weighted by Gasteiger charge is 2.09. The van der Waals surface area contributed by atoms with Crippen molar-refractivity contribution >= 4 is 23.2 Å². The minimum absolute atomic E-state index is 0.145. The lowest BCUT2D eigenvalue weighted by atomic mass is 10.3. The van der Waals surface area contributed by atoms with E-state index in [0.717, 1.165) is 0 Å². The first-order chi connectivity index (χ1) is 12.0. The number of ether oxygens (including phenoxy) is 2. The lowest BCUT2D eigenvalue weighted by molar-refractivity contribution is 0.0858. The van der Waals surface area contributed by atoms with Crippen molar-refractivity contribution in [3.8, 4) is 11.5 Å². The fourth-order valence-electron chi connectivity index (χ4n) is 1.98. The molecule has 3 N–H and O–H groups in total. The molecule has 0 spiro atoms. The van der Waals surface area contributed by atoms with E-state index in [1.807, 2.05) is 0 Å². The summed E-state index contributed by atoms with van der Waals surface area (Å²) in [6, 6.07) is 13.8. The van der Waals surface area contributed by atoms with Gasteiger partial charge in [-0.25, -0.2) is 0 Å². The zero-order valence-corrected chi connectivity index (χ0v) is 15.1. The molecular weight excluding hydrogens is 365 g/mol. The fourth-order valence-corrected chi connectivity index (χ4v) is 2.23. The molecule has 0 amide bonds. The van der Waals surface area contributed by atoms with E-state index in [4.69, 9.17) is 32.7 Å². The van der Waals surface area contributed by atoms with E-state index >= 15 is 0 Å². The van der Waals surface area contributed by atoms with Crippen LogP contribution in [0.15, 0.2) is 48.5 Å². The van der Waals surface area contributed by atoms with Gasteiger partial charge in [0.1, 0.15) is 36.9 Å². The van der Waals surface area contributed by atoms with Gasteiger partial charge in [-0.1, -0.05) is 23.2 Å². The maximum atomic E-state index is 9.87. The Morgan fingerprint density at radius 2 is 1.08 bits per heavy atom. The van der Waals surface area contributed by atoms with Crippen molar-refractivity contribution in [1.29, 1.82) is 0 Å². The van der Waals surface area contributed by atoms with Crippen molar-refractivity contribution in [2.75, 3.05) is 26.3 Å². The molecule has 2 aromatic rings. The smallest absolute Gasteiger partial charge is 0.119 e. The Balaban J connectivity index is 1.57. The van der Waals surface area contributed by atoms with Gasteiger partial charge in [0.05, 0.1) is 0 Å². The molecule has 5 nitrogen and oxygen atoms in total. The van der Waals surface area contributed by atoms with E-state index in [9.17, 15) is 10.2 Å². The summed E-state index contributed by atoms with van der Waals surface area (Å²) in [4.78, 5) is 0. The van der Waals surface area contributed by atoms with E-state index in [1.54, 1.807) is 48.5 Å². The number of halogens is 2. The van der Waals surface area contributed by atoms with E-state index < -0.39 is 12.2 Å². The van der Waals surface area contributed by atoms with Crippen LogP contribution in [-0.4, -0.2) is 48.7 Å². The minimum atomic E-state index is -0.694. The van der Waals surface area contributed by atoms with Crippen LogP contribution in [0.25, 0.3) is 0 Å². The maximum absolute atomic E-state index is 9.87. The number of benzene rings is 2. The third kappa shape index (κ3) is 7.94. The van der Waals surface area contributed by atoms with Crippen LogP contribution in [0.2, 0.25) is 10.0 Å². The molecule has 0 saturated carbocycles. The van der Waals surface area contributed by atoms with Crippen LogP contribution in [0.1, 0.15) is 0 Å². The topological polar surface area (TPSA) is 71.0 Å². The molecule has 0 fully saturated rings. The van der Waals surface area contributed by atoms with Gasteiger partial charge < -0.3 is 25.0 Å². The van der Waals surface area contributed by atoms with Crippen LogP contribution < -0.4 is 14.8 Å². The summed E-state index contributed by atoms with van der Waals surface area (Å²) in [5.74, 6) is 1.28. The molecule has 136 valence electrons. The zero-order chi connectivity index (χ0) is 18.1. The molecule has 25 heavy (non-hydrogen) atoms. The van der Waals surface area contributed by atoms with E-state index in [2.05, 4.69) is 5.32 Å². The van der Waals surface area contributed by atoms with Gasteiger partial charge in [-0.05, 0) is 48.5 Å². The van der Waals surface area contributed by atoms with Crippen molar-refractivity contribution in [2.45, 2.75) is 12.2 Å². The van der Waals surface area contributed by atoms with Crippen LogP contribution in [0, 0.1) is 0 Å². The van der Waals surface area contributed by atoms with Crippen molar-refractivity contribution < 1.29 is 19.7 Å². The van der Waals surface area contributed by atoms with Crippen LogP contribution in [0.5, 0.6) is 11.5 Å². The highest BCUT2D eigenvalue weighted by atomic mass is 35.5. The van der Waals surface area contributed by atoms with Crippen molar-refractivity contribution in [1.82, 2.24) is 5.32 Å². The first-order valence-electron chi connectivity index (χ1n) is 7.86. The number of hydrogen-bond donors (Lipinski definition) is 3. The van der Waals surface area contributed by atoms with Crippen molar-refractivity contribution in [2.24, 2.45) is 0 Å². The quantitative estimate of drug-likeness (QED) is 0.586. The lowest BCUT2D eigenvalue weighted by Crippen LogP contribution is -2.37. The second-order valence-corrected chi connectivity index (χ2v) is 6.37. The van der Waals surface area contributed by atoms with Crippen molar-refractivity contribution in [3.63, 3.8) is 0 Å². The van der Waals surface area contributed by atoms with Crippen molar-refractivity contribution in [3.05, 3.63) is 58.6 Å². The Hall–Kier alpha value is -1.50. The summed E-state index contributed by atoms with van der Waals surface area (Å²) in [7, 11) is 0.